The molecule has 0 N–H and O–H groups in total. The van der Waals surface area contributed by atoms with Crippen molar-refractivity contribution in [2.24, 2.45) is 0 Å². The van der Waals surface area contributed by atoms with Gasteiger partial charge in [0.25, 0.3) is 0 Å². The Morgan fingerprint density at radius 2 is 1.11 bits per heavy atom. The minimum atomic E-state index is -0.0778. The highest BCUT2D eigenvalue weighted by Crippen LogP contribution is 2.50. The van der Waals surface area contributed by atoms with Crippen LogP contribution in [0.3, 0.4) is 0 Å². The SMILES string of the molecule is CC1(C)c2ccccc2-c2ccc(N(c3ccccc3)c3ccc(-c4ccc5c(c4)c4c6ccccc6ccc4n5-c4ccc5ccccc5n4)cc3)cc21. The first-order valence-electron chi connectivity index (χ1n) is 19.1. The summed E-state index contributed by atoms with van der Waals surface area (Å²) in [4.78, 5) is 7.53. The highest BCUT2D eigenvalue weighted by Gasteiger charge is 2.35. The number of fused-ring (bicyclic) bond motifs is 9. The Labute approximate surface area is 320 Å². The fraction of sp³-hybridized carbons (Fsp3) is 0.0577. The number of hydrogen-bond donors (Lipinski definition) is 0. The average molecular weight is 704 g/mol. The van der Waals surface area contributed by atoms with E-state index in [1.807, 2.05) is 0 Å². The largest absolute Gasteiger partial charge is 0.310 e. The number of benzene rings is 8. The number of pyridine rings is 1. The fourth-order valence-corrected chi connectivity index (χ4v) is 9.06. The molecule has 0 bridgehead atoms. The van der Waals surface area contributed by atoms with Crippen molar-refractivity contribution in [1.29, 1.82) is 0 Å². The first kappa shape index (κ1) is 31.5. The fourth-order valence-electron chi connectivity index (χ4n) is 9.06. The lowest BCUT2D eigenvalue weighted by atomic mass is 9.82. The zero-order chi connectivity index (χ0) is 36.7. The number of para-hydroxylation sites is 2. The van der Waals surface area contributed by atoms with Crippen LogP contribution in [0, 0.1) is 0 Å². The molecule has 0 spiro atoms. The zero-order valence-corrected chi connectivity index (χ0v) is 30.7. The number of nitrogens with zero attached hydrogens (tertiary/aromatic N) is 3. The summed E-state index contributed by atoms with van der Waals surface area (Å²) in [6.07, 6.45) is 0. The molecule has 0 atom stereocenters. The molecule has 3 nitrogen and oxygen atoms in total. The molecular weight excluding hydrogens is 667 g/mol. The van der Waals surface area contributed by atoms with Crippen LogP contribution in [0.1, 0.15) is 25.0 Å². The molecule has 55 heavy (non-hydrogen) atoms. The van der Waals surface area contributed by atoms with Crippen LogP contribution in [0.2, 0.25) is 0 Å². The third-order valence-electron chi connectivity index (χ3n) is 11.8. The summed E-state index contributed by atoms with van der Waals surface area (Å²) in [5, 5.41) is 6.08. The van der Waals surface area contributed by atoms with E-state index in [0.717, 1.165) is 44.8 Å². The van der Waals surface area contributed by atoms with Gasteiger partial charge in [-0.2, -0.15) is 0 Å². The lowest BCUT2D eigenvalue weighted by molar-refractivity contribution is 0.660. The molecule has 0 unspecified atom stereocenters. The summed E-state index contributed by atoms with van der Waals surface area (Å²) in [6, 6.07) is 68.3. The van der Waals surface area contributed by atoms with Crippen molar-refractivity contribution in [2.45, 2.75) is 19.3 Å². The van der Waals surface area contributed by atoms with Crippen molar-refractivity contribution in [2.75, 3.05) is 4.90 Å². The second-order valence-electron chi connectivity index (χ2n) is 15.2. The topological polar surface area (TPSA) is 21.1 Å². The van der Waals surface area contributed by atoms with E-state index >= 15 is 0 Å². The van der Waals surface area contributed by atoms with Gasteiger partial charge in [0.15, 0.2) is 0 Å². The quantitative estimate of drug-likeness (QED) is 0.178. The summed E-state index contributed by atoms with van der Waals surface area (Å²) >= 11 is 0. The van der Waals surface area contributed by atoms with Crippen molar-refractivity contribution in [3.05, 3.63) is 199 Å². The van der Waals surface area contributed by atoms with E-state index in [9.17, 15) is 0 Å². The van der Waals surface area contributed by atoms with Crippen LogP contribution < -0.4 is 4.90 Å². The molecule has 0 radical (unpaired) electrons. The maximum Gasteiger partial charge on any atom is 0.138 e. The third kappa shape index (κ3) is 4.86. The Hall–Kier alpha value is -6.97. The molecule has 0 amide bonds. The summed E-state index contributed by atoms with van der Waals surface area (Å²) in [5.41, 5.74) is 14.4. The molecule has 11 rings (SSSR count). The van der Waals surface area contributed by atoms with Crippen molar-refractivity contribution in [3.8, 4) is 28.1 Å². The summed E-state index contributed by atoms with van der Waals surface area (Å²) in [7, 11) is 0. The smallest absolute Gasteiger partial charge is 0.138 e. The Morgan fingerprint density at radius 1 is 0.455 bits per heavy atom. The average Bonchev–Trinajstić information content (AvgIpc) is 3.69. The highest BCUT2D eigenvalue weighted by atomic mass is 15.1. The van der Waals surface area contributed by atoms with Crippen LogP contribution in [0.15, 0.2) is 188 Å². The highest BCUT2D eigenvalue weighted by molar-refractivity contribution is 6.21. The summed E-state index contributed by atoms with van der Waals surface area (Å²) < 4.78 is 2.32. The molecule has 0 saturated carbocycles. The predicted octanol–water partition coefficient (Wildman–Crippen LogP) is 13.9. The van der Waals surface area contributed by atoms with Gasteiger partial charge in [-0.05, 0) is 117 Å². The van der Waals surface area contributed by atoms with Gasteiger partial charge in [0.05, 0.1) is 16.6 Å². The van der Waals surface area contributed by atoms with Crippen LogP contribution in [-0.2, 0) is 5.41 Å². The molecule has 260 valence electrons. The van der Waals surface area contributed by atoms with Gasteiger partial charge in [-0.15, -0.1) is 0 Å². The maximum atomic E-state index is 5.15. The van der Waals surface area contributed by atoms with Crippen LogP contribution in [0.5, 0.6) is 0 Å². The molecule has 1 aliphatic carbocycles. The van der Waals surface area contributed by atoms with Crippen LogP contribution in [-0.4, -0.2) is 9.55 Å². The lowest BCUT2D eigenvalue weighted by Crippen LogP contribution is -2.16. The third-order valence-corrected chi connectivity index (χ3v) is 11.8. The van der Waals surface area contributed by atoms with Crippen LogP contribution >= 0.6 is 0 Å². The number of rotatable bonds is 5. The molecule has 10 aromatic rings. The van der Waals surface area contributed by atoms with Gasteiger partial charge < -0.3 is 4.90 Å². The Bertz CT molecular complexity index is 3120. The second-order valence-corrected chi connectivity index (χ2v) is 15.2. The maximum absolute atomic E-state index is 5.15. The van der Waals surface area contributed by atoms with Crippen molar-refractivity contribution >= 4 is 60.5 Å². The minimum absolute atomic E-state index is 0.0778. The normalized spacial score (nSPS) is 13.1. The monoisotopic (exact) mass is 703 g/mol. The van der Waals surface area contributed by atoms with Gasteiger partial charge in [-0.1, -0.05) is 129 Å². The van der Waals surface area contributed by atoms with Gasteiger partial charge in [-0.3, -0.25) is 4.57 Å². The first-order valence-corrected chi connectivity index (χ1v) is 19.1. The molecular formula is C52H37N3. The number of hydrogen-bond acceptors (Lipinski definition) is 2. The van der Waals surface area contributed by atoms with E-state index < -0.39 is 0 Å². The van der Waals surface area contributed by atoms with Crippen molar-refractivity contribution < 1.29 is 0 Å². The molecule has 2 heterocycles. The van der Waals surface area contributed by atoms with E-state index in [2.05, 4.69) is 211 Å². The van der Waals surface area contributed by atoms with E-state index in [1.54, 1.807) is 0 Å². The van der Waals surface area contributed by atoms with Gasteiger partial charge in [0.2, 0.25) is 0 Å². The Balaban J connectivity index is 1.04. The Morgan fingerprint density at radius 3 is 1.98 bits per heavy atom. The molecule has 0 saturated heterocycles. The number of aromatic nitrogens is 2. The molecule has 0 fully saturated rings. The molecule has 0 aliphatic heterocycles. The van der Waals surface area contributed by atoms with E-state index in [0.29, 0.717) is 0 Å². The lowest BCUT2D eigenvalue weighted by Gasteiger charge is -2.28. The predicted molar refractivity (Wildman–Crippen MR) is 231 cm³/mol. The minimum Gasteiger partial charge on any atom is -0.310 e. The Kier molecular flexibility index (Phi) is 6.90. The molecule has 3 heteroatoms. The molecule has 2 aromatic heterocycles. The van der Waals surface area contributed by atoms with Gasteiger partial charge in [0.1, 0.15) is 5.82 Å². The van der Waals surface area contributed by atoms with Gasteiger partial charge >= 0.3 is 0 Å². The van der Waals surface area contributed by atoms with E-state index in [4.69, 9.17) is 4.98 Å². The second kappa shape index (κ2) is 12.0. The van der Waals surface area contributed by atoms with E-state index in [1.165, 1.54) is 54.9 Å². The van der Waals surface area contributed by atoms with Crippen molar-refractivity contribution in [3.63, 3.8) is 0 Å². The molecule has 1 aliphatic rings. The van der Waals surface area contributed by atoms with E-state index in [-0.39, 0.29) is 5.41 Å². The van der Waals surface area contributed by atoms with Crippen LogP contribution in [0.25, 0.3) is 71.6 Å². The molecule has 8 aromatic carbocycles. The summed E-state index contributed by atoms with van der Waals surface area (Å²) in [5.74, 6) is 0.922. The zero-order valence-electron chi connectivity index (χ0n) is 30.7. The standard InChI is InChI=1S/C52H37N3/c1-52(2)45-18-10-9-17-42(45)43-28-27-40(33-46(43)52)54(38-14-4-3-5-15-38)39-25-20-34(21-26-39)37-23-29-48-44(32-37)51-41-16-8-6-12-35(41)22-30-49(51)55(48)50-31-24-36-13-7-11-19-47(36)53-50/h3-33H,1-2H3. The first-order chi connectivity index (χ1) is 27.0. The van der Waals surface area contributed by atoms with Crippen LogP contribution in [0.4, 0.5) is 17.1 Å². The number of anilines is 3. The summed E-state index contributed by atoms with van der Waals surface area (Å²) in [6.45, 7) is 4.69. The van der Waals surface area contributed by atoms with Crippen molar-refractivity contribution in [1.82, 2.24) is 9.55 Å². The van der Waals surface area contributed by atoms with Gasteiger partial charge in [-0.25, -0.2) is 4.98 Å². The van der Waals surface area contributed by atoms with Gasteiger partial charge in [0, 0.05) is 38.6 Å².